The molecule has 186 valence electrons. The topological polar surface area (TPSA) is 190 Å². The molecular formula is C23H24IN3O8. The minimum absolute atomic E-state index is 0.00997. The summed E-state index contributed by atoms with van der Waals surface area (Å²) in [6, 6.07) is 0.401. The van der Waals surface area contributed by atoms with Crippen LogP contribution in [0.15, 0.2) is 23.0 Å². The lowest BCUT2D eigenvalue weighted by Gasteiger charge is -2.50. The van der Waals surface area contributed by atoms with Crippen molar-refractivity contribution in [3.63, 3.8) is 0 Å². The van der Waals surface area contributed by atoms with Crippen LogP contribution in [-0.4, -0.2) is 74.4 Å². The molecule has 11 nitrogen and oxygen atoms in total. The lowest BCUT2D eigenvalue weighted by Crippen LogP contribution is -2.65. The summed E-state index contributed by atoms with van der Waals surface area (Å²) in [6.45, 7) is 1.25. The first-order valence-electron chi connectivity index (χ1n) is 10.7. The van der Waals surface area contributed by atoms with Gasteiger partial charge in [0.1, 0.15) is 22.8 Å². The third-order valence-electron chi connectivity index (χ3n) is 6.98. The van der Waals surface area contributed by atoms with Gasteiger partial charge >= 0.3 is 0 Å². The third-order valence-corrected chi connectivity index (χ3v) is 7.94. The Hall–Kier alpha value is -2.97. The molecule has 0 aromatic heterocycles. The molecule has 0 radical (unpaired) electrons. The molecule has 1 fully saturated rings. The van der Waals surface area contributed by atoms with Crippen molar-refractivity contribution >= 4 is 57.4 Å². The van der Waals surface area contributed by atoms with Crippen LogP contribution in [0.3, 0.4) is 0 Å². The number of aliphatic hydroxyl groups excluding tert-OH is 2. The number of primary amides is 1. The minimum atomic E-state index is -2.69. The summed E-state index contributed by atoms with van der Waals surface area (Å²) in [7, 11) is 3.08. The monoisotopic (exact) mass is 597 g/mol. The van der Waals surface area contributed by atoms with Gasteiger partial charge in [0, 0.05) is 22.0 Å². The number of fused-ring (bicyclic) bond motifs is 3. The minimum Gasteiger partial charge on any atom is -0.508 e. The number of hydrogen-bond donors (Lipinski definition) is 6. The van der Waals surface area contributed by atoms with Gasteiger partial charge in [-0.05, 0) is 67.1 Å². The Morgan fingerprint density at radius 3 is 2.40 bits per heavy atom. The second-order valence-electron chi connectivity index (χ2n) is 9.25. The summed E-state index contributed by atoms with van der Waals surface area (Å²) in [5, 5.41) is 46.9. The second kappa shape index (κ2) is 8.31. The summed E-state index contributed by atoms with van der Waals surface area (Å²) in [4.78, 5) is 51.8. The van der Waals surface area contributed by atoms with E-state index in [0.29, 0.717) is 9.13 Å². The Labute approximate surface area is 213 Å². The molecule has 35 heavy (non-hydrogen) atoms. The molecule has 3 aliphatic carbocycles. The molecule has 1 aromatic rings. The van der Waals surface area contributed by atoms with E-state index in [9.17, 15) is 39.6 Å². The lowest BCUT2D eigenvalue weighted by atomic mass is 9.57. The molecule has 0 saturated heterocycles. The van der Waals surface area contributed by atoms with Gasteiger partial charge in [0.05, 0.1) is 17.3 Å². The number of anilines is 1. The summed E-state index contributed by atoms with van der Waals surface area (Å²) in [5.41, 5.74) is 1.99. The SMILES string of the molecule is CC(=O)Nc1cc(I)c2c(c1O)C(O)=C1C(=O)C3(O)C(O)=C(C(N)=O)C(=O)[C@@H](N(C)C)C3CC1C2. The lowest BCUT2D eigenvalue weighted by molar-refractivity contribution is -0.153. The van der Waals surface area contributed by atoms with E-state index in [0.717, 1.165) is 0 Å². The standard InChI is InChI=1S/C23H24IN3O8/c1-7(28)26-12-6-11(24)9-4-8-5-10-16(27(2)3)19(31)15(22(25)34)21(33)23(10,35)20(32)13(8)18(30)14(9)17(12)29/h6,8,10,16,29-30,33,35H,4-5H2,1-3H3,(H2,25,34)(H,26,28)/t8?,10?,16-,23?/m0/s1. The number of likely N-dealkylation sites (N-methyl/N-ethyl adjacent to an activating group) is 1. The molecule has 0 aliphatic heterocycles. The number of rotatable bonds is 3. The van der Waals surface area contributed by atoms with Crippen LogP contribution in [0.1, 0.15) is 24.5 Å². The van der Waals surface area contributed by atoms with Crippen LogP contribution in [0.5, 0.6) is 5.75 Å². The molecule has 7 N–H and O–H groups in total. The van der Waals surface area contributed by atoms with Gasteiger partial charge in [-0.3, -0.25) is 24.1 Å². The van der Waals surface area contributed by atoms with E-state index in [-0.39, 0.29) is 29.7 Å². The highest BCUT2D eigenvalue weighted by Gasteiger charge is 2.64. The third kappa shape index (κ3) is 3.45. The smallest absolute Gasteiger partial charge is 0.255 e. The zero-order valence-electron chi connectivity index (χ0n) is 19.0. The number of aliphatic hydroxyl groups is 3. The average Bonchev–Trinajstić information content (AvgIpc) is 2.73. The normalized spacial score (nSPS) is 28.0. The Kier molecular flexibility index (Phi) is 5.97. The fourth-order valence-electron chi connectivity index (χ4n) is 5.55. The van der Waals surface area contributed by atoms with E-state index >= 15 is 0 Å². The van der Waals surface area contributed by atoms with E-state index in [1.54, 1.807) is 0 Å². The first-order chi connectivity index (χ1) is 16.2. The van der Waals surface area contributed by atoms with Gasteiger partial charge in [-0.2, -0.15) is 0 Å². The predicted molar refractivity (Wildman–Crippen MR) is 131 cm³/mol. The van der Waals surface area contributed by atoms with Crippen molar-refractivity contribution < 1.29 is 39.6 Å². The number of aromatic hydroxyl groups is 1. The zero-order valence-corrected chi connectivity index (χ0v) is 21.2. The molecule has 3 unspecified atom stereocenters. The van der Waals surface area contributed by atoms with Gasteiger partial charge in [0.15, 0.2) is 11.4 Å². The number of Topliss-reactive ketones (excluding diaryl/α,β-unsaturated/α-hetero) is 2. The number of halogens is 1. The Morgan fingerprint density at radius 2 is 1.86 bits per heavy atom. The molecule has 0 spiro atoms. The maximum Gasteiger partial charge on any atom is 0.255 e. The fourth-order valence-corrected chi connectivity index (χ4v) is 6.35. The summed E-state index contributed by atoms with van der Waals surface area (Å²) < 4.78 is 0.612. The number of phenols is 1. The van der Waals surface area contributed by atoms with E-state index in [1.165, 1.54) is 32.0 Å². The molecule has 0 heterocycles. The van der Waals surface area contributed by atoms with Crippen molar-refractivity contribution in [3.8, 4) is 5.75 Å². The van der Waals surface area contributed by atoms with Crippen molar-refractivity contribution in [2.45, 2.75) is 31.4 Å². The number of amides is 2. The number of carbonyl (C=O) groups is 4. The molecule has 1 aromatic carbocycles. The number of phenolic OH excluding ortho intramolecular Hbond substituents is 1. The van der Waals surface area contributed by atoms with E-state index in [1.807, 2.05) is 22.6 Å². The van der Waals surface area contributed by atoms with Crippen molar-refractivity contribution in [1.29, 1.82) is 0 Å². The highest BCUT2D eigenvalue weighted by molar-refractivity contribution is 14.1. The maximum absolute atomic E-state index is 13.8. The molecule has 1 saturated carbocycles. The molecule has 12 heteroatoms. The van der Waals surface area contributed by atoms with Crippen LogP contribution >= 0.6 is 22.6 Å². The zero-order chi connectivity index (χ0) is 26.1. The number of nitrogens with one attached hydrogen (secondary N) is 1. The van der Waals surface area contributed by atoms with Crippen molar-refractivity contribution in [2.24, 2.45) is 17.6 Å². The van der Waals surface area contributed by atoms with Crippen LogP contribution in [0, 0.1) is 15.4 Å². The predicted octanol–water partition coefficient (Wildman–Crippen LogP) is 0.527. The number of hydrogen-bond acceptors (Lipinski definition) is 9. The van der Waals surface area contributed by atoms with E-state index in [2.05, 4.69) is 5.32 Å². The molecular weight excluding hydrogens is 573 g/mol. The van der Waals surface area contributed by atoms with Crippen LogP contribution in [0.25, 0.3) is 5.76 Å². The van der Waals surface area contributed by atoms with Gasteiger partial charge < -0.3 is 31.5 Å². The van der Waals surface area contributed by atoms with Gasteiger partial charge in [-0.1, -0.05) is 0 Å². The van der Waals surface area contributed by atoms with Crippen LogP contribution in [0.4, 0.5) is 5.69 Å². The summed E-state index contributed by atoms with van der Waals surface area (Å²) in [5.74, 6) is -7.63. The first-order valence-corrected chi connectivity index (χ1v) is 11.8. The Bertz CT molecular complexity index is 1280. The summed E-state index contributed by atoms with van der Waals surface area (Å²) >= 11 is 1.99. The van der Waals surface area contributed by atoms with E-state index in [4.69, 9.17) is 5.73 Å². The first kappa shape index (κ1) is 25.1. The number of ketones is 2. The Morgan fingerprint density at radius 1 is 1.23 bits per heavy atom. The van der Waals surface area contributed by atoms with Gasteiger partial charge in [-0.25, -0.2) is 0 Å². The second-order valence-corrected chi connectivity index (χ2v) is 10.4. The van der Waals surface area contributed by atoms with Crippen LogP contribution < -0.4 is 11.1 Å². The van der Waals surface area contributed by atoms with Crippen molar-refractivity contribution in [1.82, 2.24) is 4.90 Å². The van der Waals surface area contributed by atoms with Crippen molar-refractivity contribution in [2.75, 3.05) is 19.4 Å². The van der Waals surface area contributed by atoms with Gasteiger partial charge in [0.25, 0.3) is 5.91 Å². The average molecular weight is 597 g/mol. The van der Waals surface area contributed by atoms with Crippen LogP contribution in [0.2, 0.25) is 0 Å². The maximum atomic E-state index is 13.8. The number of carbonyl (C=O) groups excluding carboxylic acids is 4. The highest BCUT2D eigenvalue weighted by atomic mass is 127. The molecule has 4 atom stereocenters. The largest absolute Gasteiger partial charge is 0.508 e. The highest BCUT2D eigenvalue weighted by Crippen LogP contribution is 2.53. The Balaban J connectivity index is 1.97. The van der Waals surface area contributed by atoms with E-state index < -0.39 is 69.7 Å². The van der Waals surface area contributed by atoms with Crippen molar-refractivity contribution in [3.05, 3.63) is 37.7 Å². The van der Waals surface area contributed by atoms with Crippen LogP contribution in [-0.2, 0) is 25.6 Å². The number of nitrogens with two attached hydrogens (primary N) is 1. The quantitative estimate of drug-likeness (QED) is 0.164. The number of benzene rings is 1. The molecule has 0 bridgehead atoms. The molecule has 4 rings (SSSR count). The molecule has 3 aliphatic rings. The van der Waals surface area contributed by atoms with Gasteiger partial charge in [-0.15, -0.1) is 0 Å². The summed E-state index contributed by atoms with van der Waals surface area (Å²) in [6.07, 6.45) is 0.191. The fraction of sp³-hybridized carbons (Fsp3) is 0.391. The number of nitrogens with zero attached hydrogens (tertiary/aromatic N) is 1. The molecule has 2 amide bonds. The van der Waals surface area contributed by atoms with Gasteiger partial charge in [0.2, 0.25) is 11.7 Å².